The minimum Gasteiger partial charge on any atom is -0.375 e. The molecule has 2 aromatic heterocycles. The number of aromatic nitrogens is 1. The number of thiophene rings is 1. The zero-order chi connectivity index (χ0) is 13.1. The number of nitrogens with one attached hydrogen (secondary N) is 1. The van der Waals surface area contributed by atoms with E-state index in [2.05, 4.69) is 29.4 Å². The van der Waals surface area contributed by atoms with Gasteiger partial charge in [0, 0.05) is 27.6 Å². The fourth-order valence-corrected chi connectivity index (χ4v) is 3.20. The third-order valence-electron chi connectivity index (χ3n) is 2.44. The van der Waals surface area contributed by atoms with Crippen LogP contribution in [0.2, 0.25) is 0 Å². The average Bonchev–Trinajstić information content (AvgIpc) is 2.87. The minimum atomic E-state index is -0.163. The first-order valence-corrected chi connectivity index (χ1v) is 7.31. The summed E-state index contributed by atoms with van der Waals surface area (Å²) < 4.78 is 0. The second-order valence-corrected chi connectivity index (χ2v) is 6.42. The minimum absolute atomic E-state index is 0.0819. The smallest absolute Gasteiger partial charge is 0.271 e. The second kappa shape index (κ2) is 5.49. The van der Waals surface area contributed by atoms with E-state index in [1.54, 1.807) is 16.7 Å². The molecule has 0 fully saturated rings. The Labute approximate surface area is 114 Å². The van der Waals surface area contributed by atoms with Gasteiger partial charge >= 0.3 is 0 Å². The summed E-state index contributed by atoms with van der Waals surface area (Å²) >= 11 is 3.03. The lowest BCUT2D eigenvalue weighted by atomic mass is 10.2. The maximum Gasteiger partial charge on any atom is 0.271 e. The molecule has 2 rings (SSSR count). The van der Waals surface area contributed by atoms with Crippen molar-refractivity contribution in [2.75, 3.05) is 5.73 Å². The van der Waals surface area contributed by atoms with Gasteiger partial charge in [0.1, 0.15) is 5.69 Å². The summed E-state index contributed by atoms with van der Waals surface area (Å²) in [6.45, 7) is 4.07. The second-order valence-electron chi connectivity index (χ2n) is 4.16. The number of carbonyl (C=O) groups is 1. The summed E-state index contributed by atoms with van der Waals surface area (Å²) in [5.41, 5.74) is 5.90. The average molecular weight is 281 g/mol. The lowest BCUT2D eigenvalue weighted by Gasteiger charge is -2.11. The van der Waals surface area contributed by atoms with Crippen LogP contribution in [0.5, 0.6) is 0 Å². The number of anilines is 1. The molecule has 2 aromatic rings. The molecular weight excluding hydrogens is 266 g/mol. The van der Waals surface area contributed by atoms with Gasteiger partial charge < -0.3 is 11.1 Å². The topological polar surface area (TPSA) is 68.0 Å². The molecule has 4 nitrogen and oxygen atoms in total. The van der Waals surface area contributed by atoms with Gasteiger partial charge in [0.25, 0.3) is 5.91 Å². The Morgan fingerprint density at radius 1 is 1.56 bits per heavy atom. The molecule has 1 unspecified atom stereocenters. The van der Waals surface area contributed by atoms with E-state index in [9.17, 15) is 4.79 Å². The van der Waals surface area contributed by atoms with Crippen LogP contribution in [0.4, 0.5) is 5.13 Å². The third kappa shape index (κ3) is 3.30. The molecule has 0 radical (unpaired) electrons. The maximum absolute atomic E-state index is 11.8. The van der Waals surface area contributed by atoms with E-state index in [1.807, 2.05) is 6.92 Å². The summed E-state index contributed by atoms with van der Waals surface area (Å²) in [7, 11) is 0. The summed E-state index contributed by atoms with van der Waals surface area (Å²) in [5.74, 6) is -0.163. The fraction of sp³-hybridized carbons (Fsp3) is 0.333. The molecule has 1 amide bonds. The monoisotopic (exact) mass is 281 g/mol. The number of thiazole rings is 1. The number of rotatable bonds is 4. The third-order valence-corrected chi connectivity index (χ3v) is 4.13. The fourth-order valence-electron chi connectivity index (χ4n) is 1.64. The van der Waals surface area contributed by atoms with Crippen LogP contribution in [0, 0.1) is 6.92 Å². The van der Waals surface area contributed by atoms with Crippen molar-refractivity contribution in [3.05, 3.63) is 33.0 Å². The van der Waals surface area contributed by atoms with Gasteiger partial charge in [-0.05, 0) is 26.0 Å². The number of nitrogens with zero attached hydrogens (tertiary/aromatic N) is 1. The summed E-state index contributed by atoms with van der Waals surface area (Å²) in [6, 6.07) is 4.28. The number of carbonyl (C=O) groups excluding carboxylic acids is 1. The molecule has 0 aromatic carbocycles. The summed E-state index contributed by atoms with van der Waals surface area (Å²) in [4.78, 5) is 18.4. The Bertz CT molecular complexity index is 547. The highest BCUT2D eigenvalue weighted by Crippen LogP contribution is 2.17. The first-order chi connectivity index (χ1) is 8.54. The van der Waals surface area contributed by atoms with Crippen LogP contribution in [0.25, 0.3) is 0 Å². The molecule has 18 heavy (non-hydrogen) atoms. The van der Waals surface area contributed by atoms with Gasteiger partial charge in [0.15, 0.2) is 5.13 Å². The number of nitrogen functional groups attached to an aromatic ring is 1. The molecule has 1 atom stereocenters. The van der Waals surface area contributed by atoms with Crippen molar-refractivity contribution in [2.24, 2.45) is 0 Å². The van der Waals surface area contributed by atoms with Gasteiger partial charge in [-0.2, -0.15) is 0 Å². The van der Waals surface area contributed by atoms with Crippen molar-refractivity contribution in [1.29, 1.82) is 0 Å². The van der Waals surface area contributed by atoms with Crippen molar-refractivity contribution >= 4 is 33.7 Å². The zero-order valence-corrected chi connectivity index (χ0v) is 11.9. The lowest BCUT2D eigenvalue weighted by molar-refractivity contribution is 0.0936. The first-order valence-electron chi connectivity index (χ1n) is 5.62. The van der Waals surface area contributed by atoms with Crippen molar-refractivity contribution in [1.82, 2.24) is 10.3 Å². The molecule has 2 heterocycles. The molecule has 6 heteroatoms. The van der Waals surface area contributed by atoms with Crippen LogP contribution in [0.15, 0.2) is 17.5 Å². The quantitative estimate of drug-likeness (QED) is 0.904. The summed E-state index contributed by atoms with van der Waals surface area (Å²) in [6.07, 6.45) is 0.837. The van der Waals surface area contributed by atoms with Gasteiger partial charge in [0.2, 0.25) is 0 Å². The Morgan fingerprint density at radius 2 is 2.33 bits per heavy atom. The highest BCUT2D eigenvalue weighted by molar-refractivity contribution is 7.13. The van der Waals surface area contributed by atoms with Crippen LogP contribution in [0.3, 0.4) is 0 Å². The van der Waals surface area contributed by atoms with Crippen LogP contribution < -0.4 is 11.1 Å². The Balaban J connectivity index is 1.91. The lowest BCUT2D eigenvalue weighted by Crippen LogP contribution is -2.34. The molecule has 0 spiro atoms. The van der Waals surface area contributed by atoms with E-state index >= 15 is 0 Å². The SMILES string of the molecule is Cc1ccc(CC(C)NC(=O)c2csc(N)n2)s1. The van der Waals surface area contributed by atoms with Crippen molar-refractivity contribution in [3.8, 4) is 0 Å². The van der Waals surface area contributed by atoms with E-state index < -0.39 is 0 Å². The Morgan fingerprint density at radius 3 is 2.89 bits per heavy atom. The molecule has 0 aliphatic carbocycles. The van der Waals surface area contributed by atoms with E-state index in [0.29, 0.717) is 10.8 Å². The molecular formula is C12H15N3OS2. The first kappa shape index (κ1) is 13.0. The van der Waals surface area contributed by atoms with Crippen molar-refractivity contribution < 1.29 is 4.79 Å². The number of hydrogen-bond acceptors (Lipinski definition) is 5. The number of nitrogens with two attached hydrogens (primary N) is 1. The molecule has 0 bridgehead atoms. The predicted molar refractivity (Wildman–Crippen MR) is 76.2 cm³/mol. The largest absolute Gasteiger partial charge is 0.375 e. The zero-order valence-electron chi connectivity index (χ0n) is 10.3. The molecule has 0 aliphatic heterocycles. The normalized spacial score (nSPS) is 12.3. The maximum atomic E-state index is 11.8. The Kier molecular flexibility index (Phi) is 3.98. The standard InChI is InChI=1S/C12H15N3OS2/c1-7(5-9-4-3-8(2)18-9)14-11(16)10-6-17-12(13)15-10/h3-4,6-7H,5H2,1-2H3,(H2,13,15)(H,14,16). The highest BCUT2D eigenvalue weighted by atomic mass is 32.1. The van der Waals surface area contributed by atoms with Gasteiger partial charge in [-0.25, -0.2) is 4.98 Å². The number of hydrogen-bond donors (Lipinski definition) is 2. The predicted octanol–water partition coefficient (Wildman–Crippen LogP) is 2.46. The molecule has 0 saturated carbocycles. The van der Waals surface area contributed by atoms with E-state index in [0.717, 1.165) is 6.42 Å². The van der Waals surface area contributed by atoms with Crippen LogP contribution in [-0.2, 0) is 6.42 Å². The molecule has 0 aliphatic rings. The molecule has 96 valence electrons. The van der Waals surface area contributed by atoms with Crippen LogP contribution in [-0.4, -0.2) is 16.9 Å². The Hall–Kier alpha value is -1.40. The van der Waals surface area contributed by atoms with Gasteiger partial charge in [0.05, 0.1) is 0 Å². The van der Waals surface area contributed by atoms with Crippen LogP contribution in [0.1, 0.15) is 27.2 Å². The van der Waals surface area contributed by atoms with E-state index in [4.69, 9.17) is 5.73 Å². The van der Waals surface area contributed by atoms with Gasteiger partial charge in [-0.3, -0.25) is 4.79 Å². The molecule has 3 N–H and O–H groups in total. The summed E-state index contributed by atoms with van der Waals surface area (Å²) in [5, 5.41) is 5.02. The molecule has 0 saturated heterocycles. The van der Waals surface area contributed by atoms with E-state index in [1.165, 1.54) is 21.1 Å². The number of amides is 1. The van der Waals surface area contributed by atoms with Crippen molar-refractivity contribution in [2.45, 2.75) is 26.3 Å². The highest BCUT2D eigenvalue weighted by Gasteiger charge is 2.13. The number of aryl methyl sites for hydroxylation is 1. The van der Waals surface area contributed by atoms with Gasteiger partial charge in [-0.1, -0.05) is 0 Å². The van der Waals surface area contributed by atoms with E-state index in [-0.39, 0.29) is 11.9 Å². The van der Waals surface area contributed by atoms with Gasteiger partial charge in [-0.15, -0.1) is 22.7 Å². The van der Waals surface area contributed by atoms with Crippen LogP contribution >= 0.6 is 22.7 Å². The van der Waals surface area contributed by atoms with Crippen molar-refractivity contribution in [3.63, 3.8) is 0 Å².